The lowest BCUT2D eigenvalue weighted by molar-refractivity contribution is -0.148. The second kappa shape index (κ2) is 36.8. The third-order valence-corrected chi connectivity index (χ3v) is 19.1. The number of hydrogen-bond donors (Lipinski definition) is 8. The number of carbonyl (C=O) groups is 11. The van der Waals surface area contributed by atoms with Gasteiger partial charge >= 0.3 is 12.1 Å². The van der Waals surface area contributed by atoms with Gasteiger partial charge in [0.05, 0.1) is 49.3 Å². The predicted octanol–water partition coefficient (Wildman–Crippen LogP) is 4.46. The van der Waals surface area contributed by atoms with E-state index in [1.54, 1.807) is 61.9 Å². The maximum atomic E-state index is 14.9. The molecule has 4 aliphatic rings. The number of imide groups is 1. The van der Waals surface area contributed by atoms with Crippen molar-refractivity contribution >= 4 is 71.0 Å². The number of unbranched alkanes of at least 4 members (excludes halogenated alkanes) is 2. The highest BCUT2D eigenvalue weighted by atomic mass is 16.6. The zero-order valence-electron chi connectivity index (χ0n) is 57.0. The van der Waals surface area contributed by atoms with Gasteiger partial charge in [0.2, 0.25) is 41.4 Å². The molecule has 9 N–H and O–H groups in total. The van der Waals surface area contributed by atoms with Crippen LogP contribution in [0.4, 0.5) is 15.3 Å². The first-order chi connectivity index (χ1) is 45.3. The summed E-state index contributed by atoms with van der Waals surface area (Å²) in [6.45, 7) is 13.3. The predicted molar refractivity (Wildman–Crippen MR) is 354 cm³/mol. The minimum Gasteiger partial charge on any atom is -0.445 e. The molecule has 26 heteroatoms. The number of hydrogen-bond acceptors (Lipinski definition) is 15. The largest absolute Gasteiger partial charge is 0.445 e. The number of likely N-dealkylation sites (tertiary alicyclic amines) is 2. The lowest BCUT2D eigenvalue weighted by Gasteiger charge is -2.41. The van der Waals surface area contributed by atoms with Gasteiger partial charge in [-0.1, -0.05) is 104 Å². The summed E-state index contributed by atoms with van der Waals surface area (Å²) in [5.41, 5.74) is 7.14. The number of aliphatic hydroxyl groups is 1. The van der Waals surface area contributed by atoms with Gasteiger partial charge in [0.25, 0.3) is 11.8 Å². The standard InChI is InChI=1S/C69H103N11O15/c1-11-43(6)60(53(93-9)38-57(85)78-35-19-23-52(78)62(94-10)44(7)63(86)73-49(39-81)36-45-20-14-12-15-21-45)77(8)67(90)59(42(4)5)76-66(89)61-47-27-30-50(37-47)80(61)69(92)95-40-46-25-28-48(29-26-46)72-64(87)51(22-18-33-71-68(70)91)74-65(88)58(41(2)3)75-54(82)24-16-13-17-34-79-55(83)31-32-56(79)84/h12,14-15,20-21,25-26,28-29,31-32,41-44,47,49-53,58-62,81H,11,13,16-19,22-24,27,30,33-40H2,1-10H3,(H,72,87)(H,73,86)(H,74,88)(H,75,82)(H,76,89)(H3,70,71,91)/t43-,44?,47-,49-,50+,51-,52-,53+,58-,59-,60-,61-,62+/m0/s1. The molecule has 3 fully saturated rings. The minimum atomic E-state index is -1.10. The number of urea groups is 1. The second-order valence-corrected chi connectivity index (χ2v) is 26.5. The molecule has 2 saturated heterocycles. The van der Waals surface area contributed by atoms with Crippen molar-refractivity contribution in [2.75, 3.05) is 52.8 Å². The van der Waals surface area contributed by atoms with Crippen molar-refractivity contribution in [3.63, 3.8) is 0 Å². The summed E-state index contributed by atoms with van der Waals surface area (Å²) < 4.78 is 18.0. The quantitative estimate of drug-likeness (QED) is 0.0342. The third-order valence-electron chi connectivity index (χ3n) is 19.1. The summed E-state index contributed by atoms with van der Waals surface area (Å²) in [4.78, 5) is 154. The van der Waals surface area contributed by atoms with E-state index in [0.717, 1.165) is 10.5 Å². The number of rotatable bonds is 37. The Morgan fingerprint density at radius 1 is 0.758 bits per heavy atom. The highest BCUT2D eigenvalue weighted by Gasteiger charge is 2.53. The number of benzene rings is 2. The molecule has 3 aliphatic heterocycles. The zero-order chi connectivity index (χ0) is 69.6. The van der Waals surface area contributed by atoms with Gasteiger partial charge in [-0.25, -0.2) is 9.59 Å². The summed E-state index contributed by atoms with van der Waals surface area (Å²) in [6.07, 6.45) is 6.54. The van der Waals surface area contributed by atoms with E-state index < -0.39 is 96.2 Å². The third kappa shape index (κ3) is 21.0. The number of primary amides is 1. The number of piperidine rings is 1. The Kier molecular flexibility index (Phi) is 29.5. The summed E-state index contributed by atoms with van der Waals surface area (Å²) in [6, 6.07) is 9.48. The van der Waals surface area contributed by atoms with Crippen molar-refractivity contribution in [2.45, 2.75) is 206 Å². The molecule has 3 heterocycles. The van der Waals surface area contributed by atoms with E-state index in [1.807, 2.05) is 58.0 Å². The van der Waals surface area contributed by atoms with Crippen LogP contribution in [-0.2, 0) is 70.4 Å². The van der Waals surface area contributed by atoms with Crippen LogP contribution in [0.5, 0.6) is 0 Å². The molecule has 2 bridgehead atoms. The van der Waals surface area contributed by atoms with Gasteiger partial charge in [-0.15, -0.1) is 0 Å². The van der Waals surface area contributed by atoms with E-state index in [2.05, 4.69) is 31.9 Å². The van der Waals surface area contributed by atoms with Gasteiger partial charge in [0.15, 0.2) is 0 Å². The van der Waals surface area contributed by atoms with E-state index >= 15 is 0 Å². The number of aliphatic hydroxyl groups excluding tert-OH is 1. The number of methoxy groups -OCH3 is 2. The van der Waals surface area contributed by atoms with E-state index in [9.17, 15) is 57.8 Å². The fourth-order valence-electron chi connectivity index (χ4n) is 13.6. The summed E-state index contributed by atoms with van der Waals surface area (Å²) >= 11 is 0. The maximum absolute atomic E-state index is 14.9. The average molecular weight is 1330 g/mol. The van der Waals surface area contributed by atoms with Crippen molar-refractivity contribution in [1.82, 2.24) is 46.2 Å². The molecule has 524 valence electrons. The highest BCUT2D eigenvalue weighted by molar-refractivity contribution is 6.12. The van der Waals surface area contributed by atoms with E-state index in [0.29, 0.717) is 82.0 Å². The number of carbonyl (C=O) groups excluding carboxylic acids is 11. The number of nitrogens with one attached hydrogen (secondary N) is 6. The molecule has 95 heavy (non-hydrogen) atoms. The molecule has 2 aromatic carbocycles. The number of fused-ring (bicyclic) bond motifs is 2. The topological polar surface area (TPSA) is 347 Å². The lowest BCUT2D eigenvalue weighted by Crippen LogP contribution is -2.60. The van der Waals surface area contributed by atoms with Gasteiger partial charge in [0.1, 0.15) is 30.8 Å². The second-order valence-electron chi connectivity index (χ2n) is 26.5. The summed E-state index contributed by atoms with van der Waals surface area (Å²) in [5, 5.41) is 27.0. The first-order valence-corrected chi connectivity index (χ1v) is 33.7. The van der Waals surface area contributed by atoms with Gasteiger partial charge in [-0.3, -0.25) is 53.0 Å². The van der Waals surface area contributed by atoms with Crippen LogP contribution in [-0.4, -0.2) is 198 Å². The minimum absolute atomic E-state index is 0.0753. The summed E-state index contributed by atoms with van der Waals surface area (Å²) in [5.74, 6) is -5.44. The van der Waals surface area contributed by atoms with Crippen LogP contribution in [0.25, 0.3) is 0 Å². The fourth-order valence-corrected chi connectivity index (χ4v) is 13.6. The van der Waals surface area contributed by atoms with Crippen LogP contribution in [0.2, 0.25) is 0 Å². The van der Waals surface area contributed by atoms with E-state index in [-0.39, 0.29) is 111 Å². The van der Waals surface area contributed by atoms with Gasteiger partial charge in [-0.05, 0) is 111 Å². The Labute approximate surface area is 558 Å². The Bertz CT molecular complexity index is 2970. The van der Waals surface area contributed by atoms with Gasteiger partial charge in [-0.2, -0.15) is 0 Å². The normalized spacial score (nSPS) is 20.3. The number of ether oxygens (including phenoxy) is 3. The van der Waals surface area contributed by atoms with Crippen molar-refractivity contribution < 1.29 is 72.1 Å². The number of anilines is 1. The van der Waals surface area contributed by atoms with Crippen LogP contribution in [0.3, 0.4) is 0 Å². The molecule has 1 unspecified atom stereocenters. The van der Waals surface area contributed by atoms with Crippen LogP contribution in [0.1, 0.15) is 143 Å². The van der Waals surface area contributed by atoms with Crippen LogP contribution < -0.4 is 37.6 Å². The zero-order valence-corrected chi connectivity index (χ0v) is 57.0. The van der Waals surface area contributed by atoms with E-state index in [1.165, 1.54) is 31.3 Å². The van der Waals surface area contributed by atoms with Gasteiger partial charge < -0.3 is 66.8 Å². The van der Waals surface area contributed by atoms with E-state index in [4.69, 9.17) is 19.9 Å². The molecule has 0 radical (unpaired) electrons. The van der Waals surface area contributed by atoms with Crippen molar-refractivity contribution in [3.8, 4) is 0 Å². The number of likely N-dealkylation sites (N-methyl/N-ethyl adjacent to an activating group) is 1. The smallest absolute Gasteiger partial charge is 0.411 e. The number of amides is 12. The Morgan fingerprint density at radius 3 is 2.06 bits per heavy atom. The summed E-state index contributed by atoms with van der Waals surface area (Å²) in [7, 11) is 4.70. The van der Waals surface area contributed by atoms with Crippen LogP contribution in [0.15, 0.2) is 66.7 Å². The van der Waals surface area contributed by atoms with Crippen molar-refractivity contribution in [3.05, 3.63) is 77.9 Å². The van der Waals surface area contributed by atoms with Crippen LogP contribution in [0, 0.1) is 29.6 Å². The van der Waals surface area contributed by atoms with Crippen molar-refractivity contribution in [1.29, 1.82) is 0 Å². The van der Waals surface area contributed by atoms with Gasteiger partial charge in [0, 0.05) is 71.2 Å². The molecule has 13 atom stereocenters. The van der Waals surface area contributed by atoms with Crippen molar-refractivity contribution in [2.24, 2.45) is 35.3 Å². The number of nitrogens with zero attached hydrogens (tertiary/aromatic N) is 4. The Hall–Kier alpha value is -7.97. The molecule has 12 amide bonds. The Balaban J connectivity index is 1.04. The highest BCUT2D eigenvalue weighted by Crippen LogP contribution is 2.43. The molecular formula is C69H103N11O15. The molecule has 2 aromatic rings. The maximum Gasteiger partial charge on any atom is 0.411 e. The SMILES string of the molecule is CC[C@H](C)[C@@H]([C@@H](CC(=O)N1CCC[C@H]1[C@H](OC)C(C)C(=O)N[C@H](CO)Cc1ccccc1)OC)N(C)C(=O)[C@@H](NC(=O)[C@@H]1[C@H]2CC[C@H](C2)N1C(=O)OCc1ccc(NC(=O)[C@H](CCCNC(N)=O)NC(=O)[C@@H](NC(=O)CCCCCN2C(=O)C=CC2=O)C(C)C)cc1)C(C)C. The molecule has 1 saturated carbocycles. The number of nitrogens with two attached hydrogens (primary N) is 1. The molecule has 1 aliphatic carbocycles. The fraction of sp³-hybridized carbons (Fsp3) is 0.638. The first-order valence-electron chi connectivity index (χ1n) is 33.7. The Morgan fingerprint density at radius 2 is 1.44 bits per heavy atom. The molecule has 0 spiro atoms. The molecule has 0 aromatic heterocycles. The lowest BCUT2D eigenvalue weighted by atomic mass is 9.89. The first kappa shape index (κ1) is 76.1. The monoisotopic (exact) mass is 1330 g/mol. The molecule has 26 nitrogen and oxygen atoms in total. The molecule has 6 rings (SSSR count). The molecular weight excluding hydrogens is 1220 g/mol. The average Bonchev–Trinajstić information content (AvgIpc) is 1.50. The van der Waals surface area contributed by atoms with Crippen LogP contribution >= 0.6 is 0 Å².